The van der Waals surface area contributed by atoms with E-state index in [1.54, 1.807) is 24.3 Å². The quantitative estimate of drug-likeness (QED) is 0.926. The lowest BCUT2D eigenvalue weighted by molar-refractivity contribution is -0.116. The Kier molecular flexibility index (Phi) is 5.55. The van der Waals surface area contributed by atoms with Gasteiger partial charge in [0, 0.05) is 24.3 Å². The van der Waals surface area contributed by atoms with Crippen LogP contribution in [-0.2, 0) is 4.79 Å². The number of piperidine rings is 1. The number of amides is 2. The number of likely N-dealkylation sites (tertiary alicyclic amines) is 1. The Hall–Kier alpha value is -1.88. The fourth-order valence-corrected chi connectivity index (χ4v) is 2.58. The normalized spacial score (nSPS) is 15.9. The van der Waals surface area contributed by atoms with Crippen molar-refractivity contribution in [3.05, 3.63) is 29.8 Å². The monoisotopic (exact) mass is 303 g/mol. The molecule has 1 N–H and O–H groups in total. The molecule has 0 aromatic heterocycles. The third-order valence-corrected chi connectivity index (χ3v) is 3.95. The molecular weight excluding hydrogens is 278 g/mol. The highest BCUT2D eigenvalue weighted by atomic mass is 16.2. The molecule has 22 heavy (non-hydrogen) atoms. The van der Waals surface area contributed by atoms with Gasteiger partial charge in [-0.3, -0.25) is 9.59 Å². The van der Waals surface area contributed by atoms with Crippen molar-refractivity contribution in [2.24, 2.45) is 5.92 Å². The molecule has 0 atom stereocenters. The number of likely N-dealkylation sites (N-methyl/N-ethyl adjacent to an activating group) is 1. The maximum Gasteiger partial charge on any atom is 0.253 e. The SMILES string of the molecule is CC1CCN(C(=O)c2ccc(NC(=O)CN(C)C)cc2)CC1. The van der Waals surface area contributed by atoms with Crippen molar-refractivity contribution in [1.82, 2.24) is 9.80 Å². The molecule has 1 aromatic rings. The molecule has 1 aliphatic rings. The maximum absolute atomic E-state index is 12.4. The van der Waals surface area contributed by atoms with E-state index in [1.165, 1.54) is 0 Å². The molecule has 0 aliphatic carbocycles. The molecule has 2 rings (SSSR count). The van der Waals surface area contributed by atoms with Gasteiger partial charge in [0.25, 0.3) is 5.91 Å². The summed E-state index contributed by atoms with van der Waals surface area (Å²) in [6, 6.07) is 7.14. The van der Waals surface area contributed by atoms with Crippen LogP contribution in [0.25, 0.3) is 0 Å². The predicted molar refractivity (Wildman–Crippen MR) is 87.9 cm³/mol. The Morgan fingerprint density at radius 2 is 1.77 bits per heavy atom. The maximum atomic E-state index is 12.4. The number of benzene rings is 1. The second-order valence-electron chi connectivity index (χ2n) is 6.34. The van der Waals surface area contributed by atoms with Gasteiger partial charge in [0.05, 0.1) is 6.54 Å². The number of rotatable bonds is 4. The minimum absolute atomic E-state index is 0.0610. The van der Waals surface area contributed by atoms with Crippen molar-refractivity contribution in [2.75, 3.05) is 39.0 Å². The summed E-state index contributed by atoms with van der Waals surface area (Å²) >= 11 is 0. The molecule has 1 aromatic carbocycles. The number of nitrogens with one attached hydrogen (secondary N) is 1. The Bertz CT molecular complexity index is 517. The first-order valence-corrected chi connectivity index (χ1v) is 7.79. The molecular formula is C17H25N3O2. The first-order chi connectivity index (χ1) is 10.5. The Labute approximate surface area is 132 Å². The van der Waals surface area contributed by atoms with Crippen molar-refractivity contribution in [3.8, 4) is 0 Å². The standard InChI is InChI=1S/C17H25N3O2/c1-13-8-10-20(11-9-13)17(22)14-4-6-15(7-5-14)18-16(21)12-19(2)3/h4-7,13H,8-12H2,1-3H3,(H,18,21). The summed E-state index contributed by atoms with van der Waals surface area (Å²) < 4.78 is 0. The fraction of sp³-hybridized carbons (Fsp3) is 0.529. The Morgan fingerprint density at radius 1 is 1.18 bits per heavy atom. The number of hydrogen-bond acceptors (Lipinski definition) is 3. The molecule has 0 radical (unpaired) electrons. The van der Waals surface area contributed by atoms with Crippen LogP contribution in [0, 0.1) is 5.92 Å². The van der Waals surface area contributed by atoms with Crippen LogP contribution < -0.4 is 5.32 Å². The minimum atomic E-state index is -0.0610. The molecule has 0 bridgehead atoms. The third kappa shape index (κ3) is 4.56. The lowest BCUT2D eigenvalue weighted by Crippen LogP contribution is -2.37. The van der Waals surface area contributed by atoms with E-state index in [0.29, 0.717) is 18.0 Å². The highest BCUT2D eigenvalue weighted by Crippen LogP contribution is 2.19. The lowest BCUT2D eigenvalue weighted by atomic mass is 9.98. The second-order valence-corrected chi connectivity index (χ2v) is 6.34. The predicted octanol–water partition coefficient (Wildman–Crippen LogP) is 2.06. The molecule has 1 heterocycles. The highest BCUT2D eigenvalue weighted by molar-refractivity contribution is 5.96. The number of nitrogens with zero attached hydrogens (tertiary/aromatic N) is 2. The largest absolute Gasteiger partial charge is 0.339 e. The second kappa shape index (κ2) is 7.40. The van der Waals surface area contributed by atoms with Gasteiger partial charge in [-0.1, -0.05) is 6.92 Å². The lowest BCUT2D eigenvalue weighted by Gasteiger charge is -2.30. The van der Waals surface area contributed by atoms with Crippen LogP contribution in [0.3, 0.4) is 0 Å². The van der Waals surface area contributed by atoms with Crippen molar-refractivity contribution in [2.45, 2.75) is 19.8 Å². The third-order valence-electron chi connectivity index (χ3n) is 3.95. The highest BCUT2D eigenvalue weighted by Gasteiger charge is 2.21. The van der Waals surface area contributed by atoms with E-state index in [4.69, 9.17) is 0 Å². The van der Waals surface area contributed by atoms with E-state index < -0.39 is 0 Å². The summed E-state index contributed by atoms with van der Waals surface area (Å²) in [4.78, 5) is 27.8. The van der Waals surface area contributed by atoms with E-state index in [1.807, 2.05) is 23.9 Å². The van der Waals surface area contributed by atoms with Crippen LogP contribution in [0.4, 0.5) is 5.69 Å². The summed E-state index contributed by atoms with van der Waals surface area (Å²) in [7, 11) is 3.70. The smallest absolute Gasteiger partial charge is 0.253 e. The summed E-state index contributed by atoms with van der Waals surface area (Å²) in [5.74, 6) is 0.727. The van der Waals surface area contributed by atoms with Gasteiger partial charge in [-0.25, -0.2) is 0 Å². The molecule has 5 heteroatoms. The van der Waals surface area contributed by atoms with Gasteiger partial charge in [-0.05, 0) is 57.1 Å². The summed E-state index contributed by atoms with van der Waals surface area (Å²) in [6.45, 7) is 4.24. The van der Waals surface area contributed by atoms with E-state index in [2.05, 4.69) is 12.2 Å². The first-order valence-electron chi connectivity index (χ1n) is 7.79. The fourth-order valence-electron chi connectivity index (χ4n) is 2.58. The Balaban J connectivity index is 1.93. The van der Waals surface area contributed by atoms with Gasteiger partial charge < -0.3 is 15.1 Å². The van der Waals surface area contributed by atoms with E-state index in [0.717, 1.165) is 31.6 Å². The summed E-state index contributed by atoms with van der Waals surface area (Å²) in [6.07, 6.45) is 2.15. The summed E-state index contributed by atoms with van der Waals surface area (Å²) in [5, 5.41) is 2.82. The zero-order valence-corrected chi connectivity index (χ0v) is 13.6. The van der Waals surface area contributed by atoms with Crippen LogP contribution in [-0.4, -0.2) is 55.3 Å². The van der Waals surface area contributed by atoms with Gasteiger partial charge in [-0.2, -0.15) is 0 Å². The van der Waals surface area contributed by atoms with E-state index in [9.17, 15) is 9.59 Å². The molecule has 0 unspecified atom stereocenters. The van der Waals surface area contributed by atoms with E-state index in [-0.39, 0.29) is 11.8 Å². The average molecular weight is 303 g/mol. The zero-order chi connectivity index (χ0) is 16.1. The van der Waals surface area contributed by atoms with Crippen LogP contribution in [0.15, 0.2) is 24.3 Å². The van der Waals surface area contributed by atoms with Crippen LogP contribution in [0.5, 0.6) is 0 Å². The molecule has 1 aliphatic heterocycles. The van der Waals surface area contributed by atoms with Gasteiger partial charge in [0.1, 0.15) is 0 Å². The molecule has 120 valence electrons. The van der Waals surface area contributed by atoms with Crippen molar-refractivity contribution in [1.29, 1.82) is 0 Å². The van der Waals surface area contributed by atoms with Crippen molar-refractivity contribution >= 4 is 17.5 Å². The van der Waals surface area contributed by atoms with Crippen molar-refractivity contribution < 1.29 is 9.59 Å². The number of anilines is 1. The molecule has 1 saturated heterocycles. The average Bonchev–Trinajstić information content (AvgIpc) is 2.47. The zero-order valence-electron chi connectivity index (χ0n) is 13.6. The van der Waals surface area contributed by atoms with Crippen LogP contribution in [0.2, 0.25) is 0 Å². The number of carbonyl (C=O) groups excluding carboxylic acids is 2. The van der Waals surface area contributed by atoms with Crippen LogP contribution in [0.1, 0.15) is 30.1 Å². The number of hydrogen-bond donors (Lipinski definition) is 1. The van der Waals surface area contributed by atoms with Gasteiger partial charge in [0.15, 0.2) is 0 Å². The minimum Gasteiger partial charge on any atom is -0.339 e. The number of carbonyl (C=O) groups is 2. The molecule has 5 nitrogen and oxygen atoms in total. The Morgan fingerprint density at radius 3 is 2.32 bits per heavy atom. The van der Waals surface area contributed by atoms with E-state index >= 15 is 0 Å². The molecule has 0 spiro atoms. The van der Waals surface area contributed by atoms with Crippen LogP contribution >= 0.6 is 0 Å². The van der Waals surface area contributed by atoms with Gasteiger partial charge in [0.2, 0.25) is 5.91 Å². The molecule has 1 fully saturated rings. The van der Waals surface area contributed by atoms with Gasteiger partial charge >= 0.3 is 0 Å². The molecule has 0 saturated carbocycles. The first kappa shape index (κ1) is 16.5. The van der Waals surface area contributed by atoms with Gasteiger partial charge in [-0.15, -0.1) is 0 Å². The summed E-state index contributed by atoms with van der Waals surface area (Å²) in [5.41, 5.74) is 1.40. The van der Waals surface area contributed by atoms with Crippen molar-refractivity contribution in [3.63, 3.8) is 0 Å². The topological polar surface area (TPSA) is 52.7 Å². The molecule has 2 amide bonds.